The molecule has 2 aromatic carbocycles. The van der Waals surface area contributed by atoms with Crippen molar-refractivity contribution in [2.75, 3.05) is 24.7 Å². The number of anilines is 1. The summed E-state index contributed by atoms with van der Waals surface area (Å²) in [6, 6.07) is 15.4. The third-order valence-electron chi connectivity index (χ3n) is 5.37. The summed E-state index contributed by atoms with van der Waals surface area (Å²) < 4.78 is 11.1. The Kier molecular flexibility index (Phi) is 5.30. The quantitative estimate of drug-likeness (QED) is 0.665. The van der Waals surface area contributed by atoms with Gasteiger partial charge in [-0.3, -0.25) is 9.59 Å². The molecule has 1 fully saturated rings. The Labute approximate surface area is 183 Å². The van der Waals surface area contributed by atoms with E-state index in [4.69, 9.17) is 9.47 Å². The lowest BCUT2D eigenvalue weighted by molar-refractivity contribution is -0.126. The van der Waals surface area contributed by atoms with E-state index in [2.05, 4.69) is 10.3 Å². The minimum Gasteiger partial charge on any atom is -0.486 e. The van der Waals surface area contributed by atoms with Crippen LogP contribution in [0.2, 0.25) is 0 Å². The molecule has 2 aliphatic rings. The van der Waals surface area contributed by atoms with Crippen LogP contribution >= 0.6 is 11.3 Å². The first-order chi connectivity index (χ1) is 15.2. The minimum absolute atomic E-state index is 0.0718. The van der Waals surface area contributed by atoms with Crippen molar-refractivity contribution >= 4 is 28.8 Å². The molecule has 1 N–H and O–H groups in total. The number of nitrogens with zero attached hydrogens (tertiary/aromatic N) is 2. The van der Waals surface area contributed by atoms with Crippen molar-refractivity contribution in [3.05, 3.63) is 58.9 Å². The Morgan fingerprint density at radius 1 is 1.13 bits per heavy atom. The molecule has 5 rings (SSSR count). The monoisotopic (exact) mass is 435 g/mol. The molecule has 8 heteroatoms. The van der Waals surface area contributed by atoms with E-state index in [1.54, 1.807) is 17.0 Å². The van der Waals surface area contributed by atoms with E-state index >= 15 is 0 Å². The molecule has 0 bridgehead atoms. The maximum Gasteiger partial charge on any atom is 0.227 e. The van der Waals surface area contributed by atoms with Gasteiger partial charge in [0.25, 0.3) is 0 Å². The average Bonchev–Trinajstić information content (AvgIpc) is 3.45. The fourth-order valence-electron chi connectivity index (χ4n) is 3.77. The van der Waals surface area contributed by atoms with Crippen molar-refractivity contribution in [3.8, 4) is 22.8 Å². The first kappa shape index (κ1) is 19.6. The summed E-state index contributed by atoms with van der Waals surface area (Å²) in [4.78, 5) is 31.5. The van der Waals surface area contributed by atoms with Gasteiger partial charge in [-0.15, -0.1) is 11.3 Å². The van der Waals surface area contributed by atoms with Gasteiger partial charge in [0.2, 0.25) is 11.8 Å². The molecule has 0 aliphatic carbocycles. The van der Waals surface area contributed by atoms with Gasteiger partial charge in [0.1, 0.15) is 18.2 Å². The van der Waals surface area contributed by atoms with Gasteiger partial charge < -0.3 is 19.7 Å². The van der Waals surface area contributed by atoms with E-state index in [1.807, 2.05) is 41.8 Å². The zero-order chi connectivity index (χ0) is 21.2. The maximum absolute atomic E-state index is 12.7. The zero-order valence-corrected chi connectivity index (χ0v) is 17.6. The molecule has 2 aliphatic heterocycles. The number of ether oxygens (including phenoxy) is 2. The van der Waals surface area contributed by atoms with Gasteiger partial charge in [0.05, 0.1) is 18.2 Å². The number of amides is 2. The van der Waals surface area contributed by atoms with Gasteiger partial charge >= 0.3 is 0 Å². The molecule has 7 nitrogen and oxygen atoms in total. The number of carbonyl (C=O) groups excluding carboxylic acids is 2. The normalized spacial score (nSPS) is 17.6. The predicted octanol–water partition coefficient (Wildman–Crippen LogP) is 3.25. The van der Waals surface area contributed by atoms with Crippen molar-refractivity contribution < 1.29 is 19.1 Å². The van der Waals surface area contributed by atoms with Gasteiger partial charge in [0, 0.05) is 35.7 Å². The highest BCUT2D eigenvalue weighted by Crippen LogP contribution is 2.36. The van der Waals surface area contributed by atoms with E-state index in [0.29, 0.717) is 37.8 Å². The molecular weight excluding hydrogens is 414 g/mol. The van der Waals surface area contributed by atoms with Gasteiger partial charge in [-0.05, 0) is 12.1 Å². The lowest BCUT2D eigenvalue weighted by atomic mass is 10.1. The highest BCUT2D eigenvalue weighted by Gasteiger charge is 2.35. The molecule has 1 unspecified atom stereocenters. The average molecular weight is 436 g/mol. The van der Waals surface area contributed by atoms with E-state index in [1.165, 1.54) is 11.3 Å². The molecule has 0 spiro atoms. The van der Waals surface area contributed by atoms with Crippen LogP contribution in [0.15, 0.2) is 53.9 Å². The highest BCUT2D eigenvalue weighted by atomic mass is 32.1. The molecular formula is C23H21N3O4S. The molecule has 158 valence electrons. The minimum atomic E-state index is -0.394. The number of hydrogen-bond donors (Lipinski definition) is 1. The Balaban J connectivity index is 1.20. The summed E-state index contributed by atoms with van der Waals surface area (Å²) in [5.74, 6) is 0.702. The third-order valence-corrected chi connectivity index (χ3v) is 6.22. The van der Waals surface area contributed by atoms with Crippen molar-refractivity contribution in [1.82, 2.24) is 10.3 Å². The number of fused-ring (bicyclic) bond motifs is 1. The molecule has 3 heterocycles. The summed E-state index contributed by atoms with van der Waals surface area (Å²) >= 11 is 1.51. The summed E-state index contributed by atoms with van der Waals surface area (Å²) in [5.41, 5.74) is 2.67. The summed E-state index contributed by atoms with van der Waals surface area (Å²) in [6.45, 7) is 1.70. The third kappa shape index (κ3) is 4.11. The second-order valence-corrected chi connectivity index (χ2v) is 8.39. The Bertz CT molecular complexity index is 1120. The van der Waals surface area contributed by atoms with E-state index in [-0.39, 0.29) is 18.2 Å². The van der Waals surface area contributed by atoms with Crippen molar-refractivity contribution in [3.63, 3.8) is 0 Å². The fraction of sp³-hybridized carbons (Fsp3) is 0.261. The van der Waals surface area contributed by atoms with E-state index in [9.17, 15) is 9.59 Å². The Morgan fingerprint density at radius 2 is 1.94 bits per heavy atom. The zero-order valence-electron chi connectivity index (χ0n) is 16.7. The standard InChI is InChI=1S/C23H21N3O4S/c27-22-10-16(13-26(22)17-6-7-19-20(11-17)30-9-8-29-19)23(28)24-12-21-25-18(14-31-21)15-4-2-1-3-5-15/h1-7,11,14,16H,8-10,12-13H2,(H,24,28). The SMILES string of the molecule is O=C(NCc1nc(-c2ccccc2)cs1)C1CC(=O)N(c2ccc3c(c2)OCCO3)C1. The van der Waals surface area contributed by atoms with Crippen LogP contribution in [0.3, 0.4) is 0 Å². The van der Waals surface area contributed by atoms with Crippen LogP contribution in [0, 0.1) is 5.92 Å². The van der Waals surface area contributed by atoms with E-state index in [0.717, 1.165) is 22.0 Å². The molecule has 2 amide bonds. The number of aromatic nitrogens is 1. The van der Waals surface area contributed by atoms with Crippen LogP contribution in [0.1, 0.15) is 11.4 Å². The van der Waals surface area contributed by atoms with Crippen LogP contribution in [-0.4, -0.2) is 36.6 Å². The largest absolute Gasteiger partial charge is 0.486 e. The van der Waals surface area contributed by atoms with Gasteiger partial charge in [-0.1, -0.05) is 30.3 Å². The molecule has 31 heavy (non-hydrogen) atoms. The fourth-order valence-corrected chi connectivity index (χ4v) is 4.52. The van der Waals surface area contributed by atoms with Crippen LogP contribution in [-0.2, 0) is 16.1 Å². The van der Waals surface area contributed by atoms with Crippen LogP contribution < -0.4 is 19.7 Å². The lowest BCUT2D eigenvalue weighted by Crippen LogP contribution is -2.32. The number of rotatable bonds is 5. The first-order valence-electron chi connectivity index (χ1n) is 10.1. The molecule has 1 aromatic heterocycles. The second-order valence-electron chi connectivity index (χ2n) is 7.44. The van der Waals surface area contributed by atoms with Crippen LogP contribution in [0.25, 0.3) is 11.3 Å². The Morgan fingerprint density at radius 3 is 2.77 bits per heavy atom. The van der Waals surface area contributed by atoms with Gasteiger partial charge in [0.15, 0.2) is 11.5 Å². The number of benzene rings is 2. The van der Waals surface area contributed by atoms with Crippen molar-refractivity contribution in [2.24, 2.45) is 5.92 Å². The summed E-state index contributed by atoms with van der Waals surface area (Å²) in [6.07, 6.45) is 0.188. The van der Waals surface area contributed by atoms with Gasteiger partial charge in [-0.25, -0.2) is 4.98 Å². The molecule has 1 atom stereocenters. The lowest BCUT2D eigenvalue weighted by Gasteiger charge is -2.22. The summed E-state index contributed by atoms with van der Waals surface area (Å²) in [7, 11) is 0. The number of hydrogen-bond acceptors (Lipinski definition) is 6. The summed E-state index contributed by atoms with van der Waals surface area (Å²) in [5, 5.41) is 5.75. The van der Waals surface area contributed by atoms with Crippen LogP contribution in [0.4, 0.5) is 5.69 Å². The maximum atomic E-state index is 12.7. The van der Waals surface area contributed by atoms with Crippen molar-refractivity contribution in [2.45, 2.75) is 13.0 Å². The number of thiazole rings is 1. The van der Waals surface area contributed by atoms with Crippen LogP contribution in [0.5, 0.6) is 11.5 Å². The van der Waals surface area contributed by atoms with Crippen molar-refractivity contribution in [1.29, 1.82) is 0 Å². The second kappa shape index (κ2) is 8.39. The number of carbonyl (C=O) groups is 2. The smallest absolute Gasteiger partial charge is 0.227 e. The molecule has 0 saturated carbocycles. The van der Waals surface area contributed by atoms with Gasteiger partial charge in [-0.2, -0.15) is 0 Å². The number of nitrogens with one attached hydrogen (secondary N) is 1. The molecule has 1 saturated heterocycles. The predicted molar refractivity (Wildman–Crippen MR) is 117 cm³/mol. The molecule has 3 aromatic rings. The van der Waals surface area contributed by atoms with E-state index < -0.39 is 5.92 Å². The highest BCUT2D eigenvalue weighted by molar-refractivity contribution is 7.09. The first-order valence-corrected chi connectivity index (χ1v) is 11.0. The topological polar surface area (TPSA) is 80.8 Å². The molecule has 0 radical (unpaired) electrons. The Hall–Kier alpha value is -3.39.